The molecule has 0 bridgehead atoms. The van der Waals surface area contributed by atoms with Crippen LogP contribution in [-0.4, -0.2) is 29.4 Å². The first-order chi connectivity index (χ1) is 12.2. The van der Waals surface area contributed by atoms with E-state index in [-0.39, 0.29) is 10.7 Å². The van der Waals surface area contributed by atoms with Crippen molar-refractivity contribution in [3.05, 3.63) is 59.4 Å². The van der Waals surface area contributed by atoms with Crippen molar-refractivity contribution < 1.29 is 17.2 Å². The summed E-state index contributed by atoms with van der Waals surface area (Å²) in [6.45, 7) is 3.91. The average Bonchev–Trinajstić information content (AvgIpc) is 3.02. The molecule has 0 atom stereocenters. The maximum atomic E-state index is 13.2. The Morgan fingerprint density at radius 2 is 1.77 bits per heavy atom. The Morgan fingerprint density at radius 3 is 2.31 bits per heavy atom. The van der Waals surface area contributed by atoms with Crippen LogP contribution >= 0.6 is 0 Å². The molecule has 3 rings (SSSR count). The number of aryl methyl sites for hydroxylation is 2. The van der Waals surface area contributed by atoms with Gasteiger partial charge in [-0.1, -0.05) is 12.1 Å². The van der Waals surface area contributed by atoms with Gasteiger partial charge >= 0.3 is 0 Å². The third kappa shape index (κ3) is 3.50. The predicted molar refractivity (Wildman–Crippen MR) is 94.3 cm³/mol. The summed E-state index contributed by atoms with van der Waals surface area (Å²) in [5.41, 5.74) is 3.38. The molecule has 2 aromatic heterocycles. The summed E-state index contributed by atoms with van der Waals surface area (Å²) in [6, 6.07) is 9.81. The molecule has 0 spiro atoms. The van der Waals surface area contributed by atoms with E-state index in [0.29, 0.717) is 11.4 Å². The number of pyridine rings is 1. The Kier molecular flexibility index (Phi) is 4.62. The number of alkyl halides is 2. The third-order valence-electron chi connectivity index (χ3n) is 4.10. The van der Waals surface area contributed by atoms with Gasteiger partial charge in [0.05, 0.1) is 17.6 Å². The number of aromatic nitrogens is 3. The smallest absolute Gasteiger partial charge is 0.242 e. The number of hydrogen-bond acceptors (Lipinski definition) is 4. The summed E-state index contributed by atoms with van der Waals surface area (Å²) in [7, 11) is -3.44. The van der Waals surface area contributed by atoms with Crippen LogP contribution in [0.2, 0.25) is 0 Å². The Hall–Kier alpha value is -2.61. The minimum absolute atomic E-state index is 0.0878. The predicted octanol–water partition coefficient (Wildman–Crippen LogP) is 3.89. The first-order valence-corrected chi connectivity index (χ1v) is 9.68. The van der Waals surface area contributed by atoms with Crippen molar-refractivity contribution in [2.45, 2.75) is 25.3 Å². The van der Waals surface area contributed by atoms with Gasteiger partial charge in [-0.25, -0.2) is 26.9 Å². The van der Waals surface area contributed by atoms with Crippen molar-refractivity contribution in [3.8, 4) is 16.9 Å². The Morgan fingerprint density at radius 1 is 1.04 bits per heavy atom. The molecule has 0 aliphatic rings. The van der Waals surface area contributed by atoms with Crippen LogP contribution < -0.4 is 0 Å². The summed E-state index contributed by atoms with van der Waals surface area (Å²) < 4.78 is 50.8. The molecule has 8 heteroatoms. The maximum absolute atomic E-state index is 13.2. The summed E-state index contributed by atoms with van der Waals surface area (Å²) in [5.74, 6) is 0. The molecular weight excluding hydrogens is 360 g/mol. The zero-order valence-electron chi connectivity index (χ0n) is 14.4. The van der Waals surface area contributed by atoms with E-state index in [1.165, 1.54) is 29.1 Å². The van der Waals surface area contributed by atoms with Crippen LogP contribution in [0.4, 0.5) is 8.78 Å². The fraction of sp³-hybridized carbons (Fsp3) is 0.222. The van der Waals surface area contributed by atoms with Gasteiger partial charge in [0.25, 0.3) is 6.43 Å². The molecule has 0 saturated heterocycles. The molecule has 0 unspecified atom stereocenters. The van der Waals surface area contributed by atoms with E-state index in [9.17, 15) is 17.2 Å². The summed E-state index contributed by atoms with van der Waals surface area (Å²) in [6.07, 6.45) is -0.355. The number of rotatable bonds is 4. The first-order valence-electron chi connectivity index (χ1n) is 7.79. The molecule has 0 N–H and O–H groups in total. The fourth-order valence-corrected chi connectivity index (χ4v) is 3.09. The molecule has 0 aliphatic heterocycles. The molecular formula is C18H17F2N3O2S. The highest BCUT2D eigenvalue weighted by molar-refractivity contribution is 7.90. The van der Waals surface area contributed by atoms with Gasteiger partial charge in [-0.2, -0.15) is 5.10 Å². The SMILES string of the molecule is Cc1ccc(-c2cc(C(F)F)nn2-c2ccc(S(C)(=O)=O)nc2)cc1C. The quantitative estimate of drug-likeness (QED) is 0.692. The van der Waals surface area contributed by atoms with Gasteiger partial charge in [-0.05, 0) is 49.2 Å². The zero-order valence-corrected chi connectivity index (χ0v) is 15.3. The molecule has 1 aromatic carbocycles. The van der Waals surface area contributed by atoms with Crippen molar-refractivity contribution in [1.29, 1.82) is 0 Å². The molecule has 26 heavy (non-hydrogen) atoms. The summed E-state index contributed by atoms with van der Waals surface area (Å²) in [5, 5.41) is 3.89. The number of benzene rings is 1. The molecule has 0 saturated carbocycles. The lowest BCUT2D eigenvalue weighted by atomic mass is 10.0. The van der Waals surface area contributed by atoms with E-state index >= 15 is 0 Å². The Balaban J connectivity index is 2.15. The monoisotopic (exact) mass is 377 g/mol. The van der Waals surface area contributed by atoms with Gasteiger partial charge in [0, 0.05) is 11.8 Å². The molecule has 0 fully saturated rings. The molecule has 2 heterocycles. The van der Waals surface area contributed by atoms with Gasteiger partial charge in [0.2, 0.25) is 0 Å². The normalized spacial score (nSPS) is 11.9. The summed E-state index contributed by atoms with van der Waals surface area (Å²) >= 11 is 0. The van der Waals surface area contributed by atoms with Gasteiger partial charge in [0.15, 0.2) is 14.9 Å². The first kappa shape index (κ1) is 18.2. The minimum atomic E-state index is -3.44. The van der Waals surface area contributed by atoms with E-state index in [1.54, 1.807) is 0 Å². The van der Waals surface area contributed by atoms with Crippen LogP contribution in [0, 0.1) is 13.8 Å². The molecule has 0 aliphatic carbocycles. The lowest BCUT2D eigenvalue weighted by molar-refractivity contribution is 0.145. The second kappa shape index (κ2) is 6.60. The number of nitrogens with zero attached hydrogens (tertiary/aromatic N) is 3. The minimum Gasteiger partial charge on any atom is -0.242 e. The second-order valence-electron chi connectivity index (χ2n) is 6.09. The Labute approximate surface area is 150 Å². The highest BCUT2D eigenvalue weighted by Crippen LogP contribution is 2.29. The van der Waals surface area contributed by atoms with Crippen LogP contribution in [0.3, 0.4) is 0 Å². The molecule has 136 valence electrons. The van der Waals surface area contributed by atoms with Crippen LogP contribution in [0.1, 0.15) is 23.2 Å². The van der Waals surface area contributed by atoms with E-state index < -0.39 is 16.3 Å². The van der Waals surface area contributed by atoms with Gasteiger partial charge in [0.1, 0.15) is 5.69 Å². The number of sulfone groups is 1. The van der Waals surface area contributed by atoms with Crippen molar-refractivity contribution >= 4 is 9.84 Å². The van der Waals surface area contributed by atoms with Crippen molar-refractivity contribution in [2.75, 3.05) is 6.26 Å². The topological polar surface area (TPSA) is 64.8 Å². The molecule has 5 nitrogen and oxygen atoms in total. The standard InChI is InChI=1S/C18H17F2N3O2S/c1-11-4-5-13(8-12(11)2)16-9-15(18(19)20)22-23(16)14-6-7-17(21-10-14)26(3,24)25/h4-10,18H,1-3H3. The highest BCUT2D eigenvalue weighted by atomic mass is 32.2. The lowest BCUT2D eigenvalue weighted by Crippen LogP contribution is -2.04. The van der Waals surface area contributed by atoms with Crippen LogP contribution in [0.15, 0.2) is 47.6 Å². The third-order valence-corrected chi connectivity index (χ3v) is 5.10. The van der Waals surface area contributed by atoms with Crippen molar-refractivity contribution in [1.82, 2.24) is 14.8 Å². The van der Waals surface area contributed by atoms with Gasteiger partial charge < -0.3 is 0 Å². The van der Waals surface area contributed by atoms with E-state index in [4.69, 9.17) is 0 Å². The Bertz CT molecular complexity index is 1060. The molecule has 0 radical (unpaired) electrons. The second-order valence-corrected chi connectivity index (χ2v) is 8.06. The molecule has 0 amide bonds. The zero-order chi connectivity index (χ0) is 19.1. The van der Waals surface area contributed by atoms with Gasteiger partial charge in [-0.3, -0.25) is 0 Å². The maximum Gasteiger partial charge on any atom is 0.282 e. The van der Waals surface area contributed by atoms with E-state index in [0.717, 1.165) is 22.9 Å². The number of hydrogen-bond donors (Lipinski definition) is 0. The van der Waals surface area contributed by atoms with E-state index in [2.05, 4.69) is 10.1 Å². The van der Waals surface area contributed by atoms with Crippen molar-refractivity contribution in [3.63, 3.8) is 0 Å². The fourth-order valence-electron chi connectivity index (χ4n) is 2.53. The van der Waals surface area contributed by atoms with Gasteiger partial charge in [-0.15, -0.1) is 0 Å². The molecule has 3 aromatic rings. The van der Waals surface area contributed by atoms with Crippen LogP contribution in [0.5, 0.6) is 0 Å². The number of halogens is 2. The van der Waals surface area contributed by atoms with Crippen molar-refractivity contribution in [2.24, 2.45) is 0 Å². The van der Waals surface area contributed by atoms with Crippen LogP contribution in [-0.2, 0) is 9.84 Å². The largest absolute Gasteiger partial charge is 0.282 e. The highest BCUT2D eigenvalue weighted by Gasteiger charge is 2.19. The van der Waals surface area contributed by atoms with Crippen LogP contribution in [0.25, 0.3) is 16.9 Å². The summed E-state index contributed by atoms with van der Waals surface area (Å²) in [4.78, 5) is 3.91. The average molecular weight is 377 g/mol. The lowest BCUT2D eigenvalue weighted by Gasteiger charge is -2.09. The van der Waals surface area contributed by atoms with E-state index in [1.807, 2.05) is 32.0 Å².